The van der Waals surface area contributed by atoms with E-state index in [1.54, 1.807) is 0 Å². The van der Waals surface area contributed by atoms with E-state index in [9.17, 15) is 0 Å². The molecule has 2 aromatic carbocycles. The average molecular weight is 290 g/mol. The molecule has 0 aliphatic carbocycles. The van der Waals surface area contributed by atoms with Crippen LogP contribution >= 0.6 is 11.6 Å². The van der Waals surface area contributed by atoms with Gasteiger partial charge in [-0.1, -0.05) is 54.1 Å². The van der Waals surface area contributed by atoms with Gasteiger partial charge in [-0.2, -0.15) is 0 Å². The SMILES string of the molecule is CCOC(c1ccccc1)C(N)Cc1cccc(Cl)c1. The molecule has 106 valence electrons. The Hall–Kier alpha value is -1.35. The minimum atomic E-state index is -0.101. The van der Waals surface area contributed by atoms with Gasteiger partial charge in [0.25, 0.3) is 0 Å². The molecule has 2 N–H and O–H groups in total. The van der Waals surface area contributed by atoms with Crippen molar-refractivity contribution in [3.05, 3.63) is 70.7 Å². The first kappa shape index (κ1) is 15.0. The van der Waals surface area contributed by atoms with Crippen molar-refractivity contribution >= 4 is 11.6 Å². The van der Waals surface area contributed by atoms with E-state index in [1.165, 1.54) is 0 Å². The maximum absolute atomic E-state index is 6.35. The molecule has 0 fully saturated rings. The van der Waals surface area contributed by atoms with Gasteiger partial charge in [0.1, 0.15) is 0 Å². The molecule has 0 heterocycles. The lowest BCUT2D eigenvalue weighted by Crippen LogP contribution is -2.32. The molecule has 3 heteroatoms. The van der Waals surface area contributed by atoms with Crippen LogP contribution in [0, 0.1) is 0 Å². The average Bonchev–Trinajstić information content (AvgIpc) is 2.45. The van der Waals surface area contributed by atoms with Crippen molar-refractivity contribution in [1.29, 1.82) is 0 Å². The topological polar surface area (TPSA) is 35.2 Å². The first-order valence-electron chi connectivity index (χ1n) is 6.87. The van der Waals surface area contributed by atoms with E-state index >= 15 is 0 Å². The minimum absolute atomic E-state index is 0.0971. The van der Waals surface area contributed by atoms with Crippen molar-refractivity contribution in [3.63, 3.8) is 0 Å². The summed E-state index contributed by atoms with van der Waals surface area (Å²) in [4.78, 5) is 0. The Bertz CT molecular complexity index is 530. The Morgan fingerprint density at radius 2 is 1.85 bits per heavy atom. The molecule has 0 saturated heterocycles. The zero-order valence-corrected chi connectivity index (χ0v) is 12.4. The third-order valence-corrected chi connectivity index (χ3v) is 3.46. The van der Waals surface area contributed by atoms with Gasteiger partial charge in [-0.05, 0) is 36.6 Å². The normalized spacial score (nSPS) is 13.9. The lowest BCUT2D eigenvalue weighted by Gasteiger charge is -2.24. The molecular formula is C17H20ClNO. The maximum Gasteiger partial charge on any atom is 0.0978 e. The molecule has 20 heavy (non-hydrogen) atoms. The number of halogens is 1. The molecule has 0 spiro atoms. The highest BCUT2D eigenvalue weighted by Gasteiger charge is 2.20. The highest BCUT2D eigenvalue weighted by molar-refractivity contribution is 6.30. The third kappa shape index (κ3) is 4.07. The summed E-state index contributed by atoms with van der Waals surface area (Å²) in [5, 5.41) is 0.738. The molecule has 2 atom stereocenters. The van der Waals surface area contributed by atoms with Gasteiger partial charge in [-0.15, -0.1) is 0 Å². The van der Waals surface area contributed by atoms with Crippen LogP contribution in [0.3, 0.4) is 0 Å². The third-order valence-electron chi connectivity index (χ3n) is 3.22. The van der Waals surface area contributed by atoms with Crippen LogP contribution in [0.2, 0.25) is 5.02 Å². The van der Waals surface area contributed by atoms with Crippen LogP contribution < -0.4 is 5.73 Å². The summed E-state index contributed by atoms with van der Waals surface area (Å²) in [5.41, 5.74) is 8.59. The first-order valence-corrected chi connectivity index (χ1v) is 7.25. The Balaban J connectivity index is 2.13. The van der Waals surface area contributed by atoms with E-state index in [2.05, 4.69) is 12.1 Å². The minimum Gasteiger partial charge on any atom is -0.372 e. The van der Waals surface area contributed by atoms with E-state index in [0.29, 0.717) is 6.61 Å². The van der Waals surface area contributed by atoms with Crippen LogP contribution in [0.25, 0.3) is 0 Å². The van der Waals surface area contributed by atoms with Gasteiger partial charge in [-0.3, -0.25) is 0 Å². The Labute approximate surface area is 125 Å². The van der Waals surface area contributed by atoms with Crippen LogP contribution in [0.1, 0.15) is 24.2 Å². The summed E-state index contributed by atoms with van der Waals surface area (Å²) >= 11 is 6.01. The van der Waals surface area contributed by atoms with Crippen molar-refractivity contribution in [1.82, 2.24) is 0 Å². The molecular weight excluding hydrogens is 270 g/mol. The summed E-state index contributed by atoms with van der Waals surface area (Å²) in [6, 6.07) is 17.8. The van der Waals surface area contributed by atoms with Crippen molar-refractivity contribution in [2.75, 3.05) is 6.61 Å². The van der Waals surface area contributed by atoms with E-state index in [4.69, 9.17) is 22.1 Å². The predicted molar refractivity (Wildman–Crippen MR) is 83.9 cm³/mol. The van der Waals surface area contributed by atoms with E-state index in [0.717, 1.165) is 22.6 Å². The molecule has 0 bridgehead atoms. The predicted octanol–water partition coefficient (Wildman–Crippen LogP) is 3.99. The summed E-state index contributed by atoms with van der Waals surface area (Å²) in [6.07, 6.45) is 0.639. The second-order valence-corrected chi connectivity index (χ2v) is 5.22. The van der Waals surface area contributed by atoms with Gasteiger partial charge in [0.15, 0.2) is 0 Å². The van der Waals surface area contributed by atoms with Gasteiger partial charge in [0.05, 0.1) is 6.10 Å². The van der Waals surface area contributed by atoms with Gasteiger partial charge in [0, 0.05) is 17.7 Å². The molecule has 0 aliphatic heterocycles. The number of ether oxygens (including phenoxy) is 1. The largest absolute Gasteiger partial charge is 0.372 e. The van der Waals surface area contributed by atoms with Gasteiger partial charge in [0.2, 0.25) is 0 Å². The monoisotopic (exact) mass is 289 g/mol. The van der Waals surface area contributed by atoms with E-state index < -0.39 is 0 Å². The van der Waals surface area contributed by atoms with Gasteiger partial charge >= 0.3 is 0 Å². The second-order valence-electron chi connectivity index (χ2n) is 4.78. The highest BCUT2D eigenvalue weighted by atomic mass is 35.5. The fraction of sp³-hybridized carbons (Fsp3) is 0.294. The number of hydrogen-bond donors (Lipinski definition) is 1. The molecule has 2 nitrogen and oxygen atoms in total. The number of rotatable bonds is 6. The number of benzene rings is 2. The van der Waals surface area contributed by atoms with Crippen molar-refractivity contribution < 1.29 is 4.74 Å². The Morgan fingerprint density at radius 3 is 2.50 bits per heavy atom. The van der Waals surface area contributed by atoms with Crippen LogP contribution in [0.5, 0.6) is 0 Å². The zero-order chi connectivity index (χ0) is 14.4. The van der Waals surface area contributed by atoms with E-state index in [-0.39, 0.29) is 12.1 Å². The quantitative estimate of drug-likeness (QED) is 0.873. The molecule has 0 aromatic heterocycles. The number of hydrogen-bond acceptors (Lipinski definition) is 2. The van der Waals surface area contributed by atoms with Gasteiger partial charge < -0.3 is 10.5 Å². The standard InChI is InChI=1S/C17H20ClNO/c1-2-20-17(14-8-4-3-5-9-14)16(19)12-13-7-6-10-15(18)11-13/h3-11,16-17H,2,12,19H2,1H3. The second kappa shape index (κ2) is 7.44. The van der Waals surface area contributed by atoms with E-state index in [1.807, 2.05) is 49.4 Å². The van der Waals surface area contributed by atoms with Crippen molar-refractivity contribution in [2.24, 2.45) is 5.73 Å². The number of nitrogens with two attached hydrogens (primary N) is 1. The first-order chi connectivity index (χ1) is 9.70. The fourth-order valence-corrected chi connectivity index (χ4v) is 2.55. The summed E-state index contributed by atoms with van der Waals surface area (Å²) in [7, 11) is 0. The van der Waals surface area contributed by atoms with Crippen LogP contribution in [0.4, 0.5) is 0 Å². The lowest BCUT2D eigenvalue weighted by molar-refractivity contribution is 0.0433. The maximum atomic E-state index is 6.35. The van der Waals surface area contributed by atoms with Crippen LogP contribution in [0.15, 0.2) is 54.6 Å². The zero-order valence-electron chi connectivity index (χ0n) is 11.6. The van der Waals surface area contributed by atoms with Crippen LogP contribution in [-0.4, -0.2) is 12.6 Å². The molecule has 0 amide bonds. The van der Waals surface area contributed by atoms with Crippen LogP contribution in [-0.2, 0) is 11.2 Å². The fourth-order valence-electron chi connectivity index (χ4n) is 2.33. The molecule has 0 saturated carbocycles. The summed E-state index contributed by atoms with van der Waals surface area (Å²) in [5.74, 6) is 0. The summed E-state index contributed by atoms with van der Waals surface area (Å²) in [6.45, 7) is 2.63. The highest BCUT2D eigenvalue weighted by Crippen LogP contribution is 2.23. The smallest absolute Gasteiger partial charge is 0.0978 e. The Morgan fingerprint density at radius 1 is 1.10 bits per heavy atom. The summed E-state index contributed by atoms with van der Waals surface area (Å²) < 4.78 is 5.83. The van der Waals surface area contributed by atoms with Crippen molar-refractivity contribution in [2.45, 2.75) is 25.5 Å². The molecule has 0 aliphatic rings. The molecule has 2 unspecified atom stereocenters. The molecule has 0 radical (unpaired) electrons. The lowest BCUT2D eigenvalue weighted by atomic mass is 9.96. The van der Waals surface area contributed by atoms with Gasteiger partial charge in [-0.25, -0.2) is 0 Å². The molecule has 2 aromatic rings. The van der Waals surface area contributed by atoms with Crippen molar-refractivity contribution in [3.8, 4) is 0 Å². The molecule has 2 rings (SSSR count). The Kier molecular flexibility index (Phi) is 5.60.